The van der Waals surface area contributed by atoms with Gasteiger partial charge in [0.25, 0.3) is 0 Å². The first-order valence-corrected chi connectivity index (χ1v) is 10.1. The molecule has 3 nitrogen and oxygen atoms in total. The predicted octanol–water partition coefficient (Wildman–Crippen LogP) is 5.14. The van der Waals surface area contributed by atoms with E-state index in [1.807, 2.05) is 17.5 Å². The maximum Gasteiger partial charge on any atom is 0.194 e. The zero-order valence-electron chi connectivity index (χ0n) is 10.4. The van der Waals surface area contributed by atoms with Crippen molar-refractivity contribution in [3.05, 3.63) is 44.4 Å². The largest absolute Gasteiger partial charge is 0.239 e. The van der Waals surface area contributed by atoms with Gasteiger partial charge in [0.15, 0.2) is 9.84 Å². The Morgan fingerprint density at radius 2 is 2.00 bits per heavy atom. The Bertz CT molecular complexity index is 823. The number of aromatic nitrogens is 1. The minimum Gasteiger partial charge on any atom is -0.239 e. The second-order valence-electron chi connectivity index (χ2n) is 3.92. The Morgan fingerprint density at radius 1 is 1.19 bits per heavy atom. The van der Waals surface area contributed by atoms with Crippen LogP contribution in [0.5, 0.6) is 0 Å². The zero-order chi connectivity index (χ0) is 14.2. The van der Waals surface area contributed by atoms with Gasteiger partial charge in [0.2, 0.25) is 0 Å². The molecule has 3 rings (SSSR count). The molecule has 0 aliphatic carbocycles. The van der Waals surface area contributed by atoms with E-state index in [0.717, 1.165) is 10.6 Å². The molecule has 9 heteroatoms. The van der Waals surface area contributed by atoms with Crippen LogP contribution < -0.4 is 0 Å². The Labute approximate surface area is 149 Å². The lowest BCUT2D eigenvalue weighted by Gasteiger charge is -1.97. The van der Waals surface area contributed by atoms with Crippen LogP contribution in [0, 0.1) is 0 Å². The van der Waals surface area contributed by atoms with Crippen molar-refractivity contribution in [1.29, 1.82) is 0 Å². The molecular weight excluding hydrogens is 434 g/mol. The third-order valence-corrected chi connectivity index (χ3v) is 7.89. The van der Waals surface area contributed by atoms with Crippen LogP contribution in [-0.2, 0) is 15.6 Å². The summed E-state index contributed by atoms with van der Waals surface area (Å²) in [5, 5.41) is 4.22. The standard InChI is InChI=1S/C12H8ClNO2S4.BrH/c13-10-4-3-9(19-10)8-6-18-11(14-8)7-20(15,16)12-2-1-5-17-12;/h1-6H,7H2;1H. The summed E-state index contributed by atoms with van der Waals surface area (Å²) >= 11 is 9.91. The molecular formula is C12H9BrClNO2S4. The van der Waals surface area contributed by atoms with E-state index in [1.54, 1.807) is 17.5 Å². The Hall–Kier alpha value is -0.250. The highest BCUT2D eigenvalue weighted by Crippen LogP contribution is 2.32. The van der Waals surface area contributed by atoms with Crippen LogP contribution in [0.2, 0.25) is 4.34 Å². The number of nitrogens with zero attached hydrogens (tertiary/aromatic N) is 1. The van der Waals surface area contributed by atoms with Crippen LogP contribution in [-0.4, -0.2) is 13.4 Å². The maximum atomic E-state index is 12.2. The lowest BCUT2D eigenvalue weighted by Crippen LogP contribution is -2.02. The average molecular weight is 443 g/mol. The van der Waals surface area contributed by atoms with Crippen molar-refractivity contribution in [2.75, 3.05) is 0 Å². The second-order valence-corrected chi connectivity index (χ2v) is 9.74. The first-order valence-electron chi connectivity index (χ1n) is 5.51. The van der Waals surface area contributed by atoms with Gasteiger partial charge in [-0.05, 0) is 23.6 Å². The summed E-state index contributed by atoms with van der Waals surface area (Å²) in [6.45, 7) is 0. The van der Waals surface area contributed by atoms with Gasteiger partial charge in [-0.25, -0.2) is 13.4 Å². The molecule has 3 aromatic heterocycles. The van der Waals surface area contributed by atoms with Crippen LogP contribution in [0.25, 0.3) is 10.6 Å². The summed E-state index contributed by atoms with van der Waals surface area (Å²) in [5.74, 6) is -0.0582. The smallest absolute Gasteiger partial charge is 0.194 e. The van der Waals surface area contributed by atoms with Crippen molar-refractivity contribution >= 4 is 72.4 Å². The molecule has 0 spiro atoms. The zero-order valence-corrected chi connectivity index (χ0v) is 16.1. The van der Waals surface area contributed by atoms with Crippen LogP contribution in [0.15, 0.2) is 39.2 Å². The van der Waals surface area contributed by atoms with Crippen molar-refractivity contribution < 1.29 is 8.42 Å². The van der Waals surface area contributed by atoms with Gasteiger partial charge >= 0.3 is 0 Å². The average Bonchev–Trinajstić information content (AvgIpc) is 3.07. The maximum absolute atomic E-state index is 12.2. The minimum absolute atomic E-state index is 0. The van der Waals surface area contributed by atoms with Gasteiger partial charge in [0.1, 0.15) is 15.0 Å². The second kappa shape index (κ2) is 6.89. The van der Waals surface area contributed by atoms with E-state index < -0.39 is 9.84 Å². The van der Waals surface area contributed by atoms with Crippen molar-refractivity contribution in [1.82, 2.24) is 4.98 Å². The quantitative estimate of drug-likeness (QED) is 0.562. The third-order valence-electron chi connectivity index (χ3n) is 2.49. The number of rotatable bonds is 4. The first-order chi connectivity index (χ1) is 9.54. The van der Waals surface area contributed by atoms with Crippen LogP contribution >= 0.6 is 62.6 Å². The molecule has 0 aromatic carbocycles. The Balaban J connectivity index is 0.00000161. The van der Waals surface area contributed by atoms with E-state index in [1.165, 1.54) is 34.0 Å². The number of hydrogen-bond donors (Lipinski definition) is 0. The first kappa shape index (κ1) is 17.1. The lowest BCUT2D eigenvalue weighted by atomic mass is 10.4. The third kappa shape index (κ3) is 3.94. The number of hydrogen-bond acceptors (Lipinski definition) is 6. The molecule has 21 heavy (non-hydrogen) atoms. The highest BCUT2D eigenvalue weighted by atomic mass is 79.9. The van der Waals surface area contributed by atoms with Gasteiger partial charge in [-0.15, -0.1) is 51.0 Å². The summed E-state index contributed by atoms with van der Waals surface area (Å²) in [6.07, 6.45) is 0. The van der Waals surface area contributed by atoms with Crippen molar-refractivity contribution in [3.8, 4) is 10.6 Å². The molecule has 0 N–H and O–H groups in total. The van der Waals surface area contributed by atoms with E-state index in [9.17, 15) is 8.42 Å². The molecule has 0 aliphatic heterocycles. The van der Waals surface area contributed by atoms with Gasteiger partial charge in [0, 0.05) is 5.38 Å². The normalized spacial score (nSPS) is 11.3. The molecule has 0 saturated carbocycles. The molecule has 0 amide bonds. The van der Waals surface area contributed by atoms with Gasteiger partial charge in [0.05, 0.1) is 14.9 Å². The fourth-order valence-corrected chi connectivity index (χ4v) is 6.21. The van der Waals surface area contributed by atoms with Crippen molar-refractivity contribution in [3.63, 3.8) is 0 Å². The summed E-state index contributed by atoms with van der Waals surface area (Å²) in [5.41, 5.74) is 0.781. The molecule has 0 fully saturated rings. The van der Waals surface area contributed by atoms with Gasteiger partial charge in [-0.1, -0.05) is 17.7 Å². The number of thiophene rings is 2. The summed E-state index contributed by atoms with van der Waals surface area (Å²) < 4.78 is 25.4. The highest BCUT2D eigenvalue weighted by Gasteiger charge is 2.19. The molecule has 0 saturated heterocycles. The fraction of sp³-hybridized carbons (Fsp3) is 0.0833. The minimum atomic E-state index is -3.29. The molecule has 0 radical (unpaired) electrons. The van der Waals surface area contributed by atoms with Crippen LogP contribution in [0.3, 0.4) is 0 Å². The van der Waals surface area contributed by atoms with E-state index in [4.69, 9.17) is 11.6 Å². The number of thiazole rings is 1. The molecule has 0 bridgehead atoms. The van der Waals surface area contributed by atoms with Gasteiger partial charge in [-0.2, -0.15) is 0 Å². The predicted molar refractivity (Wildman–Crippen MR) is 96.0 cm³/mol. The van der Waals surface area contributed by atoms with E-state index in [2.05, 4.69) is 4.98 Å². The van der Waals surface area contributed by atoms with Crippen molar-refractivity contribution in [2.45, 2.75) is 9.96 Å². The van der Waals surface area contributed by atoms with Crippen LogP contribution in [0.4, 0.5) is 0 Å². The number of halogens is 2. The fourth-order valence-electron chi connectivity index (χ4n) is 1.62. The number of sulfone groups is 1. The van der Waals surface area contributed by atoms with Gasteiger partial charge < -0.3 is 0 Å². The lowest BCUT2D eigenvalue weighted by molar-refractivity contribution is 0.597. The van der Waals surface area contributed by atoms with E-state index in [-0.39, 0.29) is 22.7 Å². The summed E-state index contributed by atoms with van der Waals surface area (Å²) in [7, 11) is -3.29. The summed E-state index contributed by atoms with van der Waals surface area (Å²) in [6, 6.07) is 7.05. The molecule has 0 unspecified atom stereocenters. The Kier molecular flexibility index (Phi) is 5.61. The van der Waals surface area contributed by atoms with E-state index in [0.29, 0.717) is 13.6 Å². The Morgan fingerprint density at radius 3 is 2.62 bits per heavy atom. The molecule has 0 aliphatic rings. The molecule has 0 atom stereocenters. The topological polar surface area (TPSA) is 47.0 Å². The molecule has 3 aromatic rings. The highest BCUT2D eigenvalue weighted by molar-refractivity contribution is 8.93. The monoisotopic (exact) mass is 441 g/mol. The summed E-state index contributed by atoms with van der Waals surface area (Å²) in [4.78, 5) is 5.33. The van der Waals surface area contributed by atoms with Crippen LogP contribution in [0.1, 0.15) is 5.01 Å². The van der Waals surface area contributed by atoms with E-state index >= 15 is 0 Å². The van der Waals surface area contributed by atoms with Gasteiger partial charge in [-0.3, -0.25) is 0 Å². The molecule has 3 heterocycles. The SMILES string of the molecule is Br.O=S(=O)(Cc1nc(-c2ccc(Cl)s2)cs1)c1cccs1. The molecule has 112 valence electrons. The van der Waals surface area contributed by atoms with Crippen molar-refractivity contribution in [2.24, 2.45) is 0 Å².